The molecule has 96 valence electrons. The van der Waals surface area contributed by atoms with Gasteiger partial charge in [0.05, 0.1) is 12.0 Å². The van der Waals surface area contributed by atoms with Crippen LogP contribution < -0.4 is 5.73 Å². The molecule has 0 saturated carbocycles. The number of hydrogen-bond acceptors (Lipinski definition) is 6. The van der Waals surface area contributed by atoms with Crippen LogP contribution in [0.15, 0.2) is 40.9 Å². The molecule has 0 saturated heterocycles. The Balaban J connectivity index is 1.90. The zero-order valence-corrected chi connectivity index (χ0v) is 11.1. The van der Waals surface area contributed by atoms with Gasteiger partial charge < -0.3 is 10.7 Å². The van der Waals surface area contributed by atoms with Crippen LogP contribution in [0.2, 0.25) is 0 Å². The summed E-state index contributed by atoms with van der Waals surface area (Å²) in [5.74, 6) is 0. The number of nitrogens with two attached hydrogens (primary N) is 1. The van der Waals surface area contributed by atoms with Crippen LogP contribution in [0.4, 0.5) is 0 Å². The first-order valence-electron chi connectivity index (χ1n) is 5.77. The third kappa shape index (κ3) is 2.42. The van der Waals surface area contributed by atoms with E-state index in [1.165, 1.54) is 18.1 Å². The summed E-state index contributed by atoms with van der Waals surface area (Å²) >= 11 is 1.52. The number of fused-ring (bicyclic) bond motifs is 1. The van der Waals surface area contributed by atoms with Crippen LogP contribution in [0.25, 0.3) is 11.2 Å². The molecule has 0 bridgehead atoms. The Kier molecular flexibility index (Phi) is 3.14. The molecule has 3 rings (SSSR count). The van der Waals surface area contributed by atoms with Crippen molar-refractivity contribution in [2.45, 2.75) is 22.9 Å². The van der Waals surface area contributed by atoms with Crippen LogP contribution >= 0.6 is 11.8 Å². The topological polar surface area (TPSA) is 93.4 Å². The lowest BCUT2D eigenvalue weighted by Crippen LogP contribution is -2.06. The molecule has 0 aliphatic heterocycles. The van der Waals surface area contributed by atoms with Gasteiger partial charge in [0.15, 0.2) is 5.65 Å². The molecule has 0 aliphatic rings. The molecular formula is C12H12N6S. The summed E-state index contributed by atoms with van der Waals surface area (Å²) < 4.78 is 0. The van der Waals surface area contributed by atoms with Gasteiger partial charge in [0, 0.05) is 17.1 Å². The van der Waals surface area contributed by atoms with Gasteiger partial charge in [-0.15, -0.1) is 0 Å². The molecule has 0 aliphatic carbocycles. The van der Waals surface area contributed by atoms with Crippen LogP contribution in [-0.2, 0) is 0 Å². The number of pyridine rings is 1. The Labute approximate surface area is 113 Å². The summed E-state index contributed by atoms with van der Waals surface area (Å²) in [5, 5.41) is 0.831. The molecule has 0 fully saturated rings. The average Bonchev–Trinajstić information content (AvgIpc) is 2.89. The predicted octanol–water partition coefficient (Wildman–Crippen LogP) is 1.92. The number of aromatic nitrogens is 5. The fourth-order valence-corrected chi connectivity index (χ4v) is 2.47. The van der Waals surface area contributed by atoms with Crippen molar-refractivity contribution in [1.29, 1.82) is 0 Å². The number of rotatable bonds is 3. The SMILES string of the molecule is C[C@H](N)c1ccc(Sc2ncnc3nc[nH]c23)cn1. The summed E-state index contributed by atoms with van der Waals surface area (Å²) in [6.45, 7) is 1.91. The van der Waals surface area contributed by atoms with E-state index in [-0.39, 0.29) is 6.04 Å². The molecule has 3 N–H and O–H groups in total. The fourth-order valence-electron chi connectivity index (χ4n) is 1.65. The van der Waals surface area contributed by atoms with Gasteiger partial charge in [-0.25, -0.2) is 15.0 Å². The smallest absolute Gasteiger partial charge is 0.181 e. The molecular weight excluding hydrogens is 260 g/mol. The number of imidazole rings is 1. The van der Waals surface area contributed by atoms with E-state index in [9.17, 15) is 0 Å². The fraction of sp³-hybridized carbons (Fsp3) is 0.167. The van der Waals surface area contributed by atoms with Crippen LogP contribution in [0.3, 0.4) is 0 Å². The molecule has 19 heavy (non-hydrogen) atoms. The molecule has 3 heterocycles. The highest BCUT2D eigenvalue weighted by Crippen LogP contribution is 2.29. The first-order chi connectivity index (χ1) is 9.24. The molecule has 1 atom stereocenters. The van der Waals surface area contributed by atoms with Gasteiger partial charge >= 0.3 is 0 Å². The maximum Gasteiger partial charge on any atom is 0.181 e. The molecule has 0 aromatic carbocycles. The number of aromatic amines is 1. The van der Waals surface area contributed by atoms with Crippen molar-refractivity contribution >= 4 is 22.9 Å². The second kappa shape index (κ2) is 4.94. The highest BCUT2D eigenvalue weighted by molar-refractivity contribution is 7.99. The largest absolute Gasteiger partial charge is 0.341 e. The predicted molar refractivity (Wildman–Crippen MR) is 72.6 cm³/mol. The second-order valence-electron chi connectivity index (χ2n) is 4.09. The van der Waals surface area contributed by atoms with Crippen molar-refractivity contribution in [3.63, 3.8) is 0 Å². The Morgan fingerprint density at radius 2 is 2.11 bits per heavy atom. The Morgan fingerprint density at radius 1 is 1.21 bits per heavy atom. The van der Waals surface area contributed by atoms with E-state index in [2.05, 4.69) is 24.9 Å². The molecule has 0 unspecified atom stereocenters. The Hall–Kier alpha value is -1.99. The number of nitrogens with one attached hydrogen (secondary N) is 1. The quantitative estimate of drug-likeness (QED) is 0.707. The molecule has 7 heteroatoms. The molecule has 6 nitrogen and oxygen atoms in total. The van der Waals surface area contributed by atoms with Crippen molar-refractivity contribution in [1.82, 2.24) is 24.9 Å². The van der Waals surface area contributed by atoms with E-state index >= 15 is 0 Å². The summed E-state index contributed by atoms with van der Waals surface area (Å²) in [7, 11) is 0. The van der Waals surface area contributed by atoms with Gasteiger partial charge in [-0.2, -0.15) is 0 Å². The molecule has 3 aromatic rings. The van der Waals surface area contributed by atoms with Crippen molar-refractivity contribution in [2.24, 2.45) is 5.73 Å². The summed E-state index contributed by atoms with van der Waals surface area (Å²) in [6.07, 6.45) is 4.92. The number of hydrogen-bond donors (Lipinski definition) is 2. The van der Waals surface area contributed by atoms with Crippen LogP contribution in [0.1, 0.15) is 18.7 Å². The molecule has 3 aromatic heterocycles. The summed E-state index contributed by atoms with van der Waals surface area (Å²) in [4.78, 5) is 20.8. The molecule has 0 amide bonds. The lowest BCUT2D eigenvalue weighted by Gasteiger charge is -2.05. The van der Waals surface area contributed by atoms with Crippen LogP contribution in [-0.4, -0.2) is 24.9 Å². The number of nitrogens with zero attached hydrogens (tertiary/aromatic N) is 4. The van der Waals surface area contributed by atoms with Gasteiger partial charge in [-0.1, -0.05) is 11.8 Å². The number of H-pyrrole nitrogens is 1. The van der Waals surface area contributed by atoms with Crippen LogP contribution in [0.5, 0.6) is 0 Å². The van der Waals surface area contributed by atoms with Crippen molar-refractivity contribution in [2.75, 3.05) is 0 Å². The van der Waals surface area contributed by atoms with Gasteiger partial charge in [-0.3, -0.25) is 4.98 Å². The maximum absolute atomic E-state index is 5.77. The standard InChI is InChI=1S/C12H12N6S/c1-7(13)9-3-2-8(4-14-9)19-12-10-11(16-5-15-10)17-6-18-12/h2-7H,13H2,1H3,(H,15,16,17,18)/t7-/m0/s1. The first-order valence-corrected chi connectivity index (χ1v) is 6.59. The molecule has 0 spiro atoms. The third-order valence-electron chi connectivity index (χ3n) is 2.63. The zero-order chi connectivity index (χ0) is 13.2. The minimum absolute atomic E-state index is 0.0579. The van der Waals surface area contributed by atoms with E-state index in [1.807, 2.05) is 19.1 Å². The van der Waals surface area contributed by atoms with Crippen molar-refractivity contribution < 1.29 is 0 Å². The van der Waals surface area contributed by atoms with Crippen LogP contribution in [0, 0.1) is 0 Å². The lowest BCUT2D eigenvalue weighted by molar-refractivity contribution is 0.777. The maximum atomic E-state index is 5.77. The van der Waals surface area contributed by atoms with Gasteiger partial charge in [0.2, 0.25) is 0 Å². The monoisotopic (exact) mass is 272 g/mol. The minimum atomic E-state index is -0.0579. The summed E-state index contributed by atoms with van der Waals surface area (Å²) in [5.41, 5.74) is 8.15. The van der Waals surface area contributed by atoms with Gasteiger partial charge in [-0.05, 0) is 19.1 Å². The van der Waals surface area contributed by atoms with E-state index < -0.39 is 0 Å². The van der Waals surface area contributed by atoms with Gasteiger partial charge in [0.1, 0.15) is 16.9 Å². The minimum Gasteiger partial charge on any atom is -0.341 e. The van der Waals surface area contributed by atoms with E-state index in [1.54, 1.807) is 12.5 Å². The summed E-state index contributed by atoms with van der Waals surface area (Å²) in [6, 6.07) is 3.86. The van der Waals surface area contributed by atoms with E-state index in [4.69, 9.17) is 5.73 Å². The second-order valence-corrected chi connectivity index (χ2v) is 5.15. The van der Waals surface area contributed by atoms with Crippen molar-refractivity contribution in [3.05, 3.63) is 36.7 Å². The molecule has 0 radical (unpaired) electrons. The first kappa shape index (κ1) is 12.1. The third-order valence-corrected chi connectivity index (χ3v) is 3.61. The van der Waals surface area contributed by atoms with E-state index in [0.29, 0.717) is 5.65 Å². The highest BCUT2D eigenvalue weighted by atomic mass is 32.2. The lowest BCUT2D eigenvalue weighted by atomic mass is 10.2. The van der Waals surface area contributed by atoms with Gasteiger partial charge in [0.25, 0.3) is 0 Å². The average molecular weight is 272 g/mol. The highest BCUT2D eigenvalue weighted by Gasteiger charge is 2.08. The Bertz CT molecular complexity index is 691. The normalized spacial score (nSPS) is 12.7. The van der Waals surface area contributed by atoms with Crippen molar-refractivity contribution in [3.8, 4) is 0 Å². The van der Waals surface area contributed by atoms with E-state index in [0.717, 1.165) is 21.1 Å². The Morgan fingerprint density at radius 3 is 2.84 bits per heavy atom. The zero-order valence-electron chi connectivity index (χ0n) is 10.2.